The summed E-state index contributed by atoms with van der Waals surface area (Å²) in [6.45, 7) is 0. The molecule has 0 radical (unpaired) electrons. The van der Waals surface area contributed by atoms with E-state index in [-0.39, 0.29) is 0 Å². The molecule has 0 saturated heterocycles. The predicted molar refractivity (Wildman–Crippen MR) is 80.9 cm³/mol. The monoisotopic (exact) mass is 322 g/mol. The van der Waals surface area contributed by atoms with E-state index in [1.807, 2.05) is 30.1 Å². The van der Waals surface area contributed by atoms with Gasteiger partial charge in [-0.1, -0.05) is 34.1 Å². The summed E-state index contributed by atoms with van der Waals surface area (Å²) in [4.78, 5) is 0. The van der Waals surface area contributed by atoms with Crippen LogP contribution in [0, 0.1) is 5.92 Å². The maximum atomic E-state index is 5.41. The fourth-order valence-corrected chi connectivity index (χ4v) is 2.69. The number of para-hydroxylation sites is 1. The van der Waals surface area contributed by atoms with Crippen LogP contribution in [0.3, 0.4) is 0 Å². The molecule has 1 aromatic carbocycles. The van der Waals surface area contributed by atoms with Gasteiger partial charge >= 0.3 is 0 Å². The van der Waals surface area contributed by atoms with E-state index in [0.29, 0.717) is 5.92 Å². The first-order valence-corrected chi connectivity index (χ1v) is 7.51. The molecule has 0 spiro atoms. The summed E-state index contributed by atoms with van der Waals surface area (Å²) in [6.07, 6.45) is 3.96. The second kappa shape index (κ2) is 6.75. The summed E-state index contributed by atoms with van der Waals surface area (Å²) < 4.78 is 7.26. The highest BCUT2D eigenvalue weighted by molar-refractivity contribution is 9.09. The Bertz CT molecular complexity index is 524. The first kappa shape index (κ1) is 14.1. The van der Waals surface area contributed by atoms with Gasteiger partial charge < -0.3 is 4.74 Å². The van der Waals surface area contributed by atoms with Crippen LogP contribution in [0.1, 0.15) is 11.3 Å². The summed E-state index contributed by atoms with van der Waals surface area (Å²) in [5.74, 6) is 1.49. The Labute approximate surface area is 122 Å². The van der Waals surface area contributed by atoms with Crippen molar-refractivity contribution in [2.45, 2.75) is 12.8 Å². The Kier molecular flexibility index (Phi) is 5.02. The molecule has 2 rings (SSSR count). The van der Waals surface area contributed by atoms with E-state index in [4.69, 9.17) is 4.74 Å². The second-order valence-electron chi connectivity index (χ2n) is 4.72. The minimum Gasteiger partial charge on any atom is -0.496 e. The molecule has 0 N–H and O–H groups in total. The average molecular weight is 323 g/mol. The van der Waals surface area contributed by atoms with Crippen molar-refractivity contribution in [3.63, 3.8) is 0 Å². The number of halogens is 1. The quantitative estimate of drug-likeness (QED) is 0.763. The number of nitrogens with zero attached hydrogens (tertiary/aromatic N) is 2. The number of alkyl halides is 1. The van der Waals surface area contributed by atoms with Crippen molar-refractivity contribution in [3.05, 3.63) is 47.8 Å². The molecule has 102 valence electrons. The molecule has 3 nitrogen and oxygen atoms in total. The van der Waals surface area contributed by atoms with Crippen LogP contribution in [0.25, 0.3) is 0 Å². The van der Waals surface area contributed by atoms with E-state index in [1.54, 1.807) is 7.11 Å². The van der Waals surface area contributed by atoms with Gasteiger partial charge in [-0.2, -0.15) is 5.10 Å². The minimum absolute atomic E-state index is 0.520. The summed E-state index contributed by atoms with van der Waals surface area (Å²) in [6, 6.07) is 10.3. The maximum Gasteiger partial charge on any atom is 0.122 e. The Morgan fingerprint density at radius 2 is 2.05 bits per heavy atom. The van der Waals surface area contributed by atoms with Crippen LogP contribution < -0.4 is 4.74 Å². The lowest BCUT2D eigenvalue weighted by Crippen LogP contribution is -2.11. The van der Waals surface area contributed by atoms with E-state index in [9.17, 15) is 0 Å². The molecular weight excluding hydrogens is 304 g/mol. The smallest absolute Gasteiger partial charge is 0.122 e. The molecule has 1 heterocycles. The van der Waals surface area contributed by atoms with Crippen LogP contribution in [0.2, 0.25) is 0 Å². The fourth-order valence-electron chi connectivity index (χ4n) is 2.23. The molecule has 4 heteroatoms. The van der Waals surface area contributed by atoms with Gasteiger partial charge in [-0.3, -0.25) is 4.68 Å². The number of hydrogen-bond donors (Lipinski definition) is 0. The largest absolute Gasteiger partial charge is 0.496 e. The number of aromatic nitrogens is 2. The second-order valence-corrected chi connectivity index (χ2v) is 5.37. The summed E-state index contributed by atoms with van der Waals surface area (Å²) in [5.41, 5.74) is 2.40. The van der Waals surface area contributed by atoms with Crippen molar-refractivity contribution in [1.82, 2.24) is 9.78 Å². The standard InChI is InChI=1S/C15H19BrN2O/c1-18-8-7-14(17-18)10-12(11-16)9-13-5-3-4-6-15(13)19-2/h3-8,12H,9-11H2,1-2H3. The van der Waals surface area contributed by atoms with Crippen LogP contribution in [0.15, 0.2) is 36.5 Å². The van der Waals surface area contributed by atoms with Gasteiger partial charge in [0.25, 0.3) is 0 Å². The molecule has 2 aromatic rings. The zero-order chi connectivity index (χ0) is 13.7. The molecule has 0 aliphatic heterocycles. The topological polar surface area (TPSA) is 27.1 Å². The SMILES string of the molecule is COc1ccccc1CC(CBr)Cc1ccn(C)n1. The minimum atomic E-state index is 0.520. The lowest BCUT2D eigenvalue weighted by Gasteiger charge is -2.15. The molecular formula is C15H19BrN2O. The highest BCUT2D eigenvalue weighted by Gasteiger charge is 2.13. The summed E-state index contributed by atoms with van der Waals surface area (Å²) in [7, 11) is 3.67. The van der Waals surface area contributed by atoms with E-state index < -0.39 is 0 Å². The molecule has 1 aromatic heterocycles. The third-order valence-corrected chi connectivity index (χ3v) is 4.10. The molecule has 1 atom stereocenters. The van der Waals surface area contributed by atoms with Crippen LogP contribution in [0.5, 0.6) is 5.75 Å². The van der Waals surface area contributed by atoms with Crippen molar-refractivity contribution in [2.24, 2.45) is 13.0 Å². The third-order valence-electron chi connectivity index (χ3n) is 3.19. The van der Waals surface area contributed by atoms with Crippen molar-refractivity contribution in [2.75, 3.05) is 12.4 Å². The third kappa shape index (κ3) is 3.83. The van der Waals surface area contributed by atoms with Crippen LogP contribution >= 0.6 is 15.9 Å². The van der Waals surface area contributed by atoms with E-state index in [0.717, 1.165) is 29.6 Å². The number of benzene rings is 1. The molecule has 0 aliphatic carbocycles. The molecule has 1 unspecified atom stereocenters. The zero-order valence-corrected chi connectivity index (χ0v) is 12.9. The fraction of sp³-hybridized carbons (Fsp3) is 0.400. The van der Waals surface area contributed by atoms with E-state index in [1.165, 1.54) is 5.56 Å². The van der Waals surface area contributed by atoms with Gasteiger partial charge in [-0.15, -0.1) is 0 Å². The molecule has 19 heavy (non-hydrogen) atoms. The molecule has 0 aliphatic rings. The van der Waals surface area contributed by atoms with Crippen LogP contribution in [-0.2, 0) is 19.9 Å². The first-order valence-electron chi connectivity index (χ1n) is 6.39. The Balaban J connectivity index is 2.06. The predicted octanol–water partition coefficient (Wildman–Crippen LogP) is 3.23. The van der Waals surface area contributed by atoms with E-state index >= 15 is 0 Å². The highest BCUT2D eigenvalue weighted by Crippen LogP contribution is 2.23. The van der Waals surface area contributed by atoms with Crippen molar-refractivity contribution in [3.8, 4) is 5.75 Å². The number of hydrogen-bond acceptors (Lipinski definition) is 2. The molecule has 0 saturated carbocycles. The number of ether oxygens (including phenoxy) is 1. The highest BCUT2D eigenvalue weighted by atomic mass is 79.9. The van der Waals surface area contributed by atoms with Gasteiger partial charge in [-0.25, -0.2) is 0 Å². The van der Waals surface area contributed by atoms with Gasteiger partial charge in [0.05, 0.1) is 12.8 Å². The number of rotatable bonds is 6. The van der Waals surface area contributed by atoms with Crippen molar-refractivity contribution in [1.29, 1.82) is 0 Å². The van der Waals surface area contributed by atoms with E-state index in [2.05, 4.69) is 39.2 Å². The Hall–Kier alpha value is -1.29. The van der Waals surface area contributed by atoms with Crippen LogP contribution in [-0.4, -0.2) is 22.2 Å². The lowest BCUT2D eigenvalue weighted by molar-refractivity contribution is 0.405. The Morgan fingerprint density at radius 1 is 1.26 bits per heavy atom. The lowest BCUT2D eigenvalue weighted by atomic mass is 9.96. The van der Waals surface area contributed by atoms with Crippen LogP contribution in [0.4, 0.5) is 0 Å². The van der Waals surface area contributed by atoms with Gasteiger partial charge in [0, 0.05) is 18.6 Å². The number of aryl methyl sites for hydroxylation is 1. The summed E-state index contributed by atoms with van der Waals surface area (Å²) >= 11 is 3.61. The molecule has 0 amide bonds. The van der Waals surface area contributed by atoms with Gasteiger partial charge in [-0.05, 0) is 36.5 Å². The Morgan fingerprint density at radius 3 is 2.68 bits per heavy atom. The summed E-state index contributed by atoms with van der Waals surface area (Å²) in [5, 5.41) is 5.41. The normalized spacial score (nSPS) is 12.4. The van der Waals surface area contributed by atoms with Crippen molar-refractivity contribution < 1.29 is 4.74 Å². The molecule has 0 fully saturated rings. The maximum absolute atomic E-state index is 5.41. The first-order chi connectivity index (χ1) is 9.22. The van der Waals surface area contributed by atoms with Gasteiger partial charge in [0.1, 0.15) is 5.75 Å². The number of methoxy groups -OCH3 is 1. The van der Waals surface area contributed by atoms with Gasteiger partial charge in [0.15, 0.2) is 0 Å². The average Bonchev–Trinajstić information content (AvgIpc) is 2.84. The molecule has 0 bridgehead atoms. The zero-order valence-electron chi connectivity index (χ0n) is 11.3. The van der Waals surface area contributed by atoms with Gasteiger partial charge in [0.2, 0.25) is 0 Å². The van der Waals surface area contributed by atoms with Crippen molar-refractivity contribution >= 4 is 15.9 Å².